The number of hydrogen-bond acceptors (Lipinski definition) is 6. The second-order valence-electron chi connectivity index (χ2n) is 8.18. The molecule has 1 N–H and O–H groups in total. The van der Waals surface area contributed by atoms with E-state index in [0.29, 0.717) is 41.8 Å². The highest BCUT2D eigenvalue weighted by atomic mass is 16.5. The molecule has 174 valence electrons. The van der Waals surface area contributed by atoms with Gasteiger partial charge in [0.1, 0.15) is 11.5 Å². The highest BCUT2D eigenvalue weighted by Crippen LogP contribution is 2.37. The molecule has 1 amide bonds. The Morgan fingerprint density at radius 3 is 2.53 bits per heavy atom. The van der Waals surface area contributed by atoms with Crippen LogP contribution in [0.3, 0.4) is 0 Å². The lowest BCUT2D eigenvalue weighted by molar-refractivity contribution is 0.0697. The monoisotopic (exact) mass is 458 g/mol. The van der Waals surface area contributed by atoms with Crippen LogP contribution in [-0.4, -0.2) is 44.4 Å². The van der Waals surface area contributed by atoms with Crippen molar-refractivity contribution in [2.24, 2.45) is 0 Å². The SMILES string of the molecule is COc1cc2nccc(Oc3ccc4c(C(=O)NC5CCOCC5)cccc4c3)c2cc1OC. The van der Waals surface area contributed by atoms with Gasteiger partial charge in [0.05, 0.1) is 19.7 Å². The fourth-order valence-electron chi connectivity index (χ4n) is 4.29. The van der Waals surface area contributed by atoms with Gasteiger partial charge in [0.15, 0.2) is 11.5 Å². The molecule has 1 saturated heterocycles. The number of aromatic nitrogens is 1. The van der Waals surface area contributed by atoms with Crippen molar-refractivity contribution in [2.75, 3.05) is 27.4 Å². The number of rotatable bonds is 6. The zero-order chi connectivity index (χ0) is 23.5. The van der Waals surface area contributed by atoms with E-state index in [1.807, 2.05) is 54.6 Å². The second kappa shape index (κ2) is 9.57. The van der Waals surface area contributed by atoms with E-state index >= 15 is 0 Å². The van der Waals surface area contributed by atoms with Gasteiger partial charge in [-0.25, -0.2) is 0 Å². The van der Waals surface area contributed by atoms with Crippen LogP contribution in [0.1, 0.15) is 23.2 Å². The van der Waals surface area contributed by atoms with Crippen LogP contribution >= 0.6 is 0 Å². The Morgan fingerprint density at radius 1 is 0.941 bits per heavy atom. The number of amides is 1. The van der Waals surface area contributed by atoms with Crippen molar-refractivity contribution in [1.82, 2.24) is 10.3 Å². The van der Waals surface area contributed by atoms with Crippen LogP contribution in [0.2, 0.25) is 0 Å². The van der Waals surface area contributed by atoms with Crippen molar-refractivity contribution in [3.63, 3.8) is 0 Å². The van der Waals surface area contributed by atoms with Crippen LogP contribution in [-0.2, 0) is 4.74 Å². The first kappa shape index (κ1) is 22.0. The maximum Gasteiger partial charge on any atom is 0.252 e. The molecule has 7 heteroatoms. The van der Waals surface area contributed by atoms with Crippen LogP contribution in [0, 0.1) is 0 Å². The fourth-order valence-corrected chi connectivity index (χ4v) is 4.29. The Hall–Kier alpha value is -3.84. The van der Waals surface area contributed by atoms with Gasteiger partial charge >= 0.3 is 0 Å². The Labute approximate surface area is 197 Å². The first-order valence-electron chi connectivity index (χ1n) is 11.3. The Bertz CT molecular complexity index is 1350. The molecule has 4 aromatic rings. The molecule has 0 bridgehead atoms. The molecular formula is C27H26N2O5. The van der Waals surface area contributed by atoms with Crippen molar-refractivity contribution < 1.29 is 23.7 Å². The van der Waals surface area contributed by atoms with E-state index in [4.69, 9.17) is 18.9 Å². The number of fused-ring (bicyclic) bond motifs is 2. The number of ether oxygens (including phenoxy) is 4. The van der Waals surface area contributed by atoms with E-state index in [2.05, 4.69) is 10.3 Å². The quantitative estimate of drug-likeness (QED) is 0.433. The highest BCUT2D eigenvalue weighted by Gasteiger charge is 2.18. The Kier molecular flexibility index (Phi) is 6.18. The minimum absolute atomic E-state index is 0.0626. The summed E-state index contributed by atoms with van der Waals surface area (Å²) in [5, 5.41) is 5.76. The molecule has 0 atom stereocenters. The van der Waals surface area contributed by atoms with Crippen molar-refractivity contribution in [1.29, 1.82) is 0 Å². The van der Waals surface area contributed by atoms with E-state index in [0.717, 1.165) is 34.5 Å². The average Bonchev–Trinajstić information content (AvgIpc) is 2.88. The van der Waals surface area contributed by atoms with Gasteiger partial charge in [-0.15, -0.1) is 0 Å². The number of pyridine rings is 1. The molecule has 7 nitrogen and oxygen atoms in total. The lowest BCUT2D eigenvalue weighted by Crippen LogP contribution is -2.38. The molecule has 2 heterocycles. The predicted octanol–water partition coefficient (Wildman–Crippen LogP) is 5.11. The first-order chi connectivity index (χ1) is 16.7. The topological polar surface area (TPSA) is 78.9 Å². The van der Waals surface area contributed by atoms with Crippen molar-refractivity contribution >= 4 is 27.6 Å². The standard InChI is InChI=1S/C27H26N2O5/c1-31-25-15-22-23(16-26(25)32-2)28-11-8-24(22)34-19-6-7-20-17(14-19)4-3-5-21(20)27(30)29-18-9-12-33-13-10-18/h3-8,11,14-16,18H,9-10,12-13H2,1-2H3,(H,29,30). The summed E-state index contributed by atoms with van der Waals surface area (Å²) in [4.78, 5) is 17.4. The van der Waals surface area contributed by atoms with E-state index < -0.39 is 0 Å². The third kappa shape index (κ3) is 4.34. The van der Waals surface area contributed by atoms with E-state index in [-0.39, 0.29) is 11.9 Å². The van der Waals surface area contributed by atoms with Crippen molar-refractivity contribution in [3.8, 4) is 23.0 Å². The average molecular weight is 459 g/mol. The summed E-state index contributed by atoms with van der Waals surface area (Å²) in [6.07, 6.45) is 3.37. The summed E-state index contributed by atoms with van der Waals surface area (Å²) >= 11 is 0. The second-order valence-corrected chi connectivity index (χ2v) is 8.18. The number of carbonyl (C=O) groups is 1. The van der Waals surface area contributed by atoms with Crippen LogP contribution in [0.15, 0.2) is 60.8 Å². The molecule has 1 fully saturated rings. The van der Waals surface area contributed by atoms with E-state index in [9.17, 15) is 4.79 Å². The fraction of sp³-hybridized carbons (Fsp3) is 0.259. The summed E-state index contributed by atoms with van der Waals surface area (Å²) in [6.45, 7) is 1.37. The molecule has 5 rings (SSSR count). The number of methoxy groups -OCH3 is 2. The summed E-state index contributed by atoms with van der Waals surface area (Å²) in [6, 6.07) is 17.1. The predicted molar refractivity (Wildman–Crippen MR) is 130 cm³/mol. The van der Waals surface area contributed by atoms with Gasteiger partial charge in [-0.3, -0.25) is 9.78 Å². The van der Waals surface area contributed by atoms with Crippen molar-refractivity contribution in [2.45, 2.75) is 18.9 Å². The molecule has 0 spiro atoms. The number of nitrogens with zero attached hydrogens (tertiary/aromatic N) is 1. The van der Waals surface area contributed by atoms with Gasteiger partial charge in [-0.1, -0.05) is 12.1 Å². The molecule has 1 aliphatic rings. The van der Waals surface area contributed by atoms with Gasteiger partial charge in [0, 0.05) is 42.5 Å². The third-order valence-corrected chi connectivity index (χ3v) is 6.09. The normalized spacial score (nSPS) is 14.2. The maximum atomic E-state index is 12.9. The summed E-state index contributed by atoms with van der Waals surface area (Å²) < 4.78 is 22.5. The van der Waals surface area contributed by atoms with Gasteiger partial charge in [-0.2, -0.15) is 0 Å². The summed E-state index contributed by atoms with van der Waals surface area (Å²) in [7, 11) is 3.19. The molecule has 3 aromatic carbocycles. The first-order valence-corrected chi connectivity index (χ1v) is 11.3. The molecule has 1 aliphatic heterocycles. The van der Waals surface area contributed by atoms with E-state index in [1.165, 1.54) is 0 Å². The Balaban J connectivity index is 1.44. The molecule has 0 unspecified atom stereocenters. The Morgan fingerprint density at radius 2 is 1.74 bits per heavy atom. The van der Waals surface area contributed by atoms with Crippen LogP contribution in [0.25, 0.3) is 21.7 Å². The minimum Gasteiger partial charge on any atom is -0.493 e. The van der Waals surface area contributed by atoms with E-state index in [1.54, 1.807) is 20.4 Å². The molecule has 34 heavy (non-hydrogen) atoms. The lowest BCUT2D eigenvalue weighted by Gasteiger charge is -2.23. The zero-order valence-corrected chi connectivity index (χ0v) is 19.2. The largest absolute Gasteiger partial charge is 0.493 e. The molecular weight excluding hydrogens is 432 g/mol. The number of hydrogen-bond donors (Lipinski definition) is 1. The summed E-state index contributed by atoms with van der Waals surface area (Å²) in [5.41, 5.74) is 1.39. The zero-order valence-electron chi connectivity index (χ0n) is 19.2. The summed E-state index contributed by atoms with van der Waals surface area (Å²) in [5.74, 6) is 2.46. The molecule has 0 aliphatic carbocycles. The third-order valence-electron chi connectivity index (χ3n) is 6.09. The highest BCUT2D eigenvalue weighted by molar-refractivity contribution is 6.07. The lowest BCUT2D eigenvalue weighted by atomic mass is 10.0. The van der Waals surface area contributed by atoms with Crippen LogP contribution in [0.4, 0.5) is 0 Å². The number of carbonyl (C=O) groups excluding carboxylic acids is 1. The molecule has 0 saturated carbocycles. The van der Waals surface area contributed by atoms with Gasteiger partial charge in [0.25, 0.3) is 5.91 Å². The number of nitrogens with one attached hydrogen (secondary N) is 1. The molecule has 0 radical (unpaired) electrons. The maximum absolute atomic E-state index is 12.9. The van der Waals surface area contributed by atoms with Crippen LogP contribution < -0.4 is 19.5 Å². The van der Waals surface area contributed by atoms with Gasteiger partial charge in [-0.05, 0) is 60.0 Å². The van der Waals surface area contributed by atoms with Gasteiger partial charge < -0.3 is 24.3 Å². The molecule has 1 aromatic heterocycles. The minimum atomic E-state index is -0.0626. The van der Waals surface area contributed by atoms with Crippen molar-refractivity contribution in [3.05, 3.63) is 66.4 Å². The smallest absolute Gasteiger partial charge is 0.252 e. The number of benzene rings is 3. The van der Waals surface area contributed by atoms with Crippen LogP contribution in [0.5, 0.6) is 23.0 Å². The van der Waals surface area contributed by atoms with Gasteiger partial charge in [0.2, 0.25) is 0 Å².